The van der Waals surface area contributed by atoms with Crippen molar-refractivity contribution in [3.05, 3.63) is 52.6 Å². The predicted octanol–water partition coefficient (Wildman–Crippen LogP) is 2.24. The van der Waals surface area contributed by atoms with Gasteiger partial charge in [-0.15, -0.1) is 0 Å². The standard InChI is InChI=1S/C24H27N3O6/c1-4-17-9-18(7-15(3)22(17)32-13-20(30)10-25-21(31)12-29)23-26-24(33-27-23)19-6-14(2)5-16(8-19)11-28/h5-9,11,20,29-30H,4,10,12-13H2,1-3H3,(H,25,31). The van der Waals surface area contributed by atoms with Gasteiger partial charge in [0, 0.05) is 23.2 Å². The lowest BCUT2D eigenvalue weighted by molar-refractivity contribution is -0.124. The van der Waals surface area contributed by atoms with Crippen LogP contribution in [0.3, 0.4) is 0 Å². The van der Waals surface area contributed by atoms with Gasteiger partial charge in [-0.1, -0.05) is 12.1 Å². The Morgan fingerprint density at radius 3 is 2.70 bits per heavy atom. The first kappa shape index (κ1) is 24.1. The van der Waals surface area contributed by atoms with Crippen LogP contribution >= 0.6 is 0 Å². The van der Waals surface area contributed by atoms with Crippen LogP contribution in [0.15, 0.2) is 34.9 Å². The molecule has 0 bridgehead atoms. The number of nitrogens with one attached hydrogen (secondary N) is 1. The molecule has 3 aromatic rings. The molecular formula is C24H27N3O6. The van der Waals surface area contributed by atoms with Crippen LogP contribution in [0.4, 0.5) is 0 Å². The number of aliphatic hydroxyl groups excluding tert-OH is 2. The van der Waals surface area contributed by atoms with Crippen LogP contribution in [0.25, 0.3) is 22.8 Å². The van der Waals surface area contributed by atoms with E-state index in [1.807, 2.05) is 39.0 Å². The summed E-state index contributed by atoms with van der Waals surface area (Å²) in [7, 11) is 0. The van der Waals surface area contributed by atoms with Crippen LogP contribution < -0.4 is 10.1 Å². The molecule has 0 aliphatic carbocycles. The molecule has 0 fully saturated rings. The van der Waals surface area contributed by atoms with Crippen molar-refractivity contribution < 1.29 is 29.1 Å². The maximum absolute atomic E-state index is 11.2. The average Bonchev–Trinajstić information content (AvgIpc) is 3.31. The van der Waals surface area contributed by atoms with Crippen LogP contribution in [0.5, 0.6) is 5.75 Å². The lowest BCUT2D eigenvalue weighted by atomic mass is 10.0. The van der Waals surface area contributed by atoms with Gasteiger partial charge in [0.25, 0.3) is 5.89 Å². The van der Waals surface area contributed by atoms with Crippen molar-refractivity contribution in [1.29, 1.82) is 0 Å². The Morgan fingerprint density at radius 1 is 1.21 bits per heavy atom. The summed E-state index contributed by atoms with van der Waals surface area (Å²) in [6.45, 7) is 5.09. The summed E-state index contributed by atoms with van der Waals surface area (Å²) in [5.74, 6) is 0.819. The van der Waals surface area contributed by atoms with Crippen molar-refractivity contribution in [2.24, 2.45) is 0 Å². The number of aliphatic hydroxyl groups is 2. The molecule has 174 valence electrons. The van der Waals surface area contributed by atoms with E-state index in [1.165, 1.54) is 0 Å². The molecule has 0 aliphatic rings. The van der Waals surface area contributed by atoms with E-state index >= 15 is 0 Å². The van der Waals surface area contributed by atoms with Crippen molar-refractivity contribution in [2.45, 2.75) is 33.3 Å². The Hall–Kier alpha value is -3.56. The molecule has 9 heteroatoms. The molecule has 9 nitrogen and oxygen atoms in total. The van der Waals surface area contributed by atoms with Crippen LogP contribution in [0.2, 0.25) is 0 Å². The summed E-state index contributed by atoms with van der Waals surface area (Å²) in [5.41, 5.74) is 4.62. The third-order valence-electron chi connectivity index (χ3n) is 5.00. The molecule has 1 atom stereocenters. The number of aldehydes is 1. The molecule has 0 radical (unpaired) electrons. The maximum atomic E-state index is 11.2. The second-order valence-electron chi connectivity index (χ2n) is 7.74. The van der Waals surface area contributed by atoms with E-state index in [9.17, 15) is 14.7 Å². The minimum Gasteiger partial charge on any atom is -0.490 e. The maximum Gasteiger partial charge on any atom is 0.258 e. The molecule has 1 heterocycles. The molecule has 2 aromatic carbocycles. The van der Waals surface area contributed by atoms with Crippen LogP contribution in [-0.4, -0.2) is 58.4 Å². The number of hydrogen-bond donors (Lipinski definition) is 3. The van der Waals surface area contributed by atoms with Gasteiger partial charge in [-0.05, 0) is 67.3 Å². The highest BCUT2D eigenvalue weighted by Crippen LogP contribution is 2.31. The number of hydrogen-bond acceptors (Lipinski definition) is 8. The number of nitrogens with zero attached hydrogens (tertiary/aromatic N) is 2. The van der Waals surface area contributed by atoms with E-state index in [2.05, 4.69) is 15.5 Å². The lowest BCUT2D eigenvalue weighted by Crippen LogP contribution is -2.36. The summed E-state index contributed by atoms with van der Waals surface area (Å²) in [5, 5.41) is 25.3. The second kappa shape index (κ2) is 10.8. The largest absolute Gasteiger partial charge is 0.490 e. The van der Waals surface area contributed by atoms with Crippen molar-refractivity contribution in [2.75, 3.05) is 19.8 Å². The van der Waals surface area contributed by atoms with Gasteiger partial charge < -0.3 is 24.8 Å². The molecule has 3 N–H and O–H groups in total. The van der Waals surface area contributed by atoms with Gasteiger partial charge in [0.05, 0.1) is 0 Å². The number of aromatic nitrogens is 2. The number of carbonyl (C=O) groups is 2. The van der Waals surface area contributed by atoms with E-state index < -0.39 is 18.6 Å². The van der Waals surface area contributed by atoms with Gasteiger partial charge in [0.2, 0.25) is 11.7 Å². The number of aryl methyl sites for hydroxylation is 3. The molecule has 0 aliphatic heterocycles. The Bertz CT molecular complexity index is 1140. The molecule has 33 heavy (non-hydrogen) atoms. The van der Waals surface area contributed by atoms with Gasteiger partial charge in [-0.25, -0.2) is 0 Å². The lowest BCUT2D eigenvalue weighted by Gasteiger charge is -2.17. The SMILES string of the molecule is CCc1cc(-c2noc(-c3cc(C)cc(C=O)c3)n2)cc(C)c1OCC(O)CNC(=O)CO. The number of carbonyl (C=O) groups excluding carboxylic acids is 2. The summed E-state index contributed by atoms with van der Waals surface area (Å²) >= 11 is 0. The summed E-state index contributed by atoms with van der Waals surface area (Å²) in [4.78, 5) is 26.8. The summed E-state index contributed by atoms with van der Waals surface area (Å²) < 4.78 is 11.3. The summed E-state index contributed by atoms with van der Waals surface area (Å²) in [6.07, 6.45) is 0.530. The Labute approximate surface area is 191 Å². The molecule has 1 unspecified atom stereocenters. The second-order valence-corrected chi connectivity index (χ2v) is 7.74. The Balaban J connectivity index is 1.79. The van der Waals surface area contributed by atoms with E-state index in [4.69, 9.17) is 14.4 Å². The zero-order valence-corrected chi connectivity index (χ0v) is 18.8. The fourth-order valence-corrected chi connectivity index (χ4v) is 3.43. The predicted molar refractivity (Wildman–Crippen MR) is 121 cm³/mol. The highest BCUT2D eigenvalue weighted by atomic mass is 16.5. The van der Waals surface area contributed by atoms with E-state index in [-0.39, 0.29) is 13.2 Å². The number of rotatable bonds is 10. The minimum absolute atomic E-state index is 0.0162. The third-order valence-corrected chi connectivity index (χ3v) is 5.00. The topological polar surface area (TPSA) is 135 Å². The van der Waals surface area contributed by atoms with Gasteiger partial charge >= 0.3 is 0 Å². The van der Waals surface area contributed by atoms with Crippen molar-refractivity contribution >= 4 is 12.2 Å². The molecular weight excluding hydrogens is 426 g/mol. The highest BCUT2D eigenvalue weighted by molar-refractivity contribution is 5.78. The zero-order valence-electron chi connectivity index (χ0n) is 18.8. The quantitative estimate of drug-likeness (QED) is 0.398. The van der Waals surface area contributed by atoms with Crippen molar-refractivity contribution in [3.63, 3.8) is 0 Å². The third kappa shape index (κ3) is 6.03. The fraction of sp³-hybridized carbons (Fsp3) is 0.333. The molecule has 0 spiro atoms. The van der Waals surface area contributed by atoms with Gasteiger partial charge in [-0.2, -0.15) is 4.98 Å². The van der Waals surface area contributed by atoms with E-state index in [0.29, 0.717) is 35.0 Å². The fourth-order valence-electron chi connectivity index (χ4n) is 3.43. The normalized spacial score (nSPS) is 11.8. The molecule has 3 rings (SSSR count). The van der Waals surface area contributed by atoms with Gasteiger partial charge in [0.1, 0.15) is 31.4 Å². The van der Waals surface area contributed by atoms with Gasteiger partial charge in [0.15, 0.2) is 0 Å². The first-order valence-electron chi connectivity index (χ1n) is 10.6. The van der Waals surface area contributed by atoms with E-state index in [1.54, 1.807) is 12.1 Å². The Kier molecular flexibility index (Phi) is 7.92. The minimum atomic E-state index is -0.922. The van der Waals surface area contributed by atoms with E-state index in [0.717, 1.165) is 28.5 Å². The molecule has 0 saturated heterocycles. The molecule has 0 saturated carbocycles. The monoisotopic (exact) mass is 453 g/mol. The van der Waals surface area contributed by atoms with Crippen molar-refractivity contribution in [1.82, 2.24) is 15.5 Å². The average molecular weight is 453 g/mol. The number of benzene rings is 2. The van der Waals surface area contributed by atoms with Gasteiger partial charge in [-0.3, -0.25) is 9.59 Å². The van der Waals surface area contributed by atoms with Crippen LogP contribution in [0, 0.1) is 13.8 Å². The molecule has 1 aromatic heterocycles. The first-order chi connectivity index (χ1) is 15.8. The first-order valence-corrected chi connectivity index (χ1v) is 10.6. The van der Waals surface area contributed by atoms with Crippen LogP contribution in [-0.2, 0) is 11.2 Å². The summed E-state index contributed by atoms with van der Waals surface area (Å²) in [6, 6.07) is 9.13. The molecule has 1 amide bonds. The number of ether oxygens (including phenoxy) is 1. The highest BCUT2D eigenvalue weighted by Gasteiger charge is 2.17. The number of amides is 1. The Morgan fingerprint density at radius 2 is 2.00 bits per heavy atom. The smallest absolute Gasteiger partial charge is 0.258 e. The van der Waals surface area contributed by atoms with Crippen molar-refractivity contribution in [3.8, 4) is 28.6 Å². The zero-order chi connectivity index (χ0) is 24.0. The van der Waals surface area contributed by atoms with Crippen LogP contribution in [0.1, 0.15) is 34.0 Å².